The Bertz CT molecular complexity index is 350. The molecular weight excluding hydrogens is 203 g/mol. The van der Waals surface area contributed by atoms with Crippen LogP contribution in [-0.2, 0) is 4.74 Å². The van der Waals surface area contributed by atoms with Crippen LogP contribution in [0.3, 0.4) is 0 Å². The Balaban J connectivity index is 1.87. The van der Waals surface area contributed by atoms with Gasteiger partial charge in [-0.25, -0.2) is 4.39 Å². The largest absolute Gasteiger partial charge is 0.501 e. The van der Waals surface area contributed by atoms with Crippen LogP contribution in [0.15, 0.2) is 23.7 Å². The molecule has 3 aliphatic rings. The first-order valence-corrected chi connectivity index (χ1v) is 6.35. The molecule has 0 aliphatic heterocycles. The predicted molar refractivity (Wildman–Crippen MR) is 61.4 cm³/mol. The van der Waals surface area contributed by atoms with Crippen LogP contribution in [0.4, 0.5) is 4.39 Å². The minimum absolute atomic E-state index is 0.104. The molecule has 0 radical (unpaired) electrons. The second kappa shape index (κ2) is 3.61. The number of rotatable bonds is 1. The van der Waals surface area contributed by atoms with Crippen LogP contribution in [0.5, 0.6) is 0 Å². The molecule has 2 unspecified atom stereocenters. The van der Waals surface area contributed by atoms with Crippen molar-refractivity contribution < 1.29 is 9.13 Å². The minimum atomic E-state index is -0.104. The SMILES string of the molecule is COC1=CC(F)=CC2CC3(CCCC3)CC12. The summed E-state index contributed by atoms with van der Waals surface area (Å²) in [6, 6.07) is 0. The first-order chi connectivity index (χ1) is 7.72. The fourth-order valence-electron chi connectivity index (χ4n) is 4.07. The van der Waals surface area contributed by atoms with Gasteiger partial charge in [0.1, 0.15) is 11.6 Å². The van der Waals surface area contributed by atoms with E-state index in [0.717, 1.165) is 5.76 Å². The molecule has 2 fully saturated rings. The van der Waals surface area contributed by atoms with Gasteiger partial charge < -0.3 is 4.74 Å². The Hall–Kier alpha value is -0.790. The molecule has 1 nitrogen and oxygen atoms in total. The van der Waals surface area contributed by atoms with Crippen molar-refractivity contribution in [3.8, 4) is 0 Å². The van der Waals surface area contributed by atoms with Gasteiger partial charge in [-0.2, -0.15) is 0 Å². The third kappa shape index (κ3) is 1.50. The third-order valence-corrected chi connectivity index (χ3v) is 4.76. The minimum Gasteiger partial charge on any atom is -0.501 e. The van der Waals surface area contributed by atoms with Crippen LogP contribution in [0.2, 0.25) is 0 Å². The number of allylic oxidation sites excluding steroid dienone is 4. The summed E-state index contributed by atoms with van der Waals surface area (Å²) in [5.41, 5.74) is 0.508. The van der Waals surface area contributed by atoms with Crippen molar-refractivity contribution in [1.82, 2.24) is 0 Å². The van der Waals surface area contributed by atoms with Crippen molar-refractivity contribution in [2.24, 2.45) is 17.3 Å². The van der Waals surface area contributed by atoms with Crippen LogP contribution in [-0.4, -0.2) is 7.11 Å². The summed E-state index contributed by atoms with van der Waals surface area (Å²) in [7, 11) is 1.67. The molecule has 0 aromatic carbocycles. The summed E-state index contributed by atoms with van der Waals surface area (Å²) in [6.07, 6.45) is 11.2. The van der Waals surface area contributed by atoms with E-state index < -0.39 is 0 Å². The first kappa shape index (κ1) is 10.4. The quantitative estimate of drug-likeness (QED) is 0.652. The summed E-state index contributed by atoms with van der Waals surface area (Å²) in [5, 5.41) is 0. The highest BCUT2D eigenvalue weighted by Crippen LogP contribution is 2.58. The Morgan fingerprint density at radius 1 is 1.31 bits per heavy atom. The number of fused-ring (bicyclic) bond motifs is 1. The van der Waals surface area contributed by atoms with E-state index >= 15 is 0 Å². The van der Waals surface area contributed by atoms with E-state index in [2.05, 4.69) is 0 Å². The average molecular weight is 222 g/mol. The van der Waals surface area contributed by atoms with Crippen LogP contribution in [0.1, 0.15) is 38.5 Å². The lowest BCUT2D eigenvalue weighted by molar-refractivity contribution is 0.215. The van der Waals surface area contributed by atoms with E-state index in [1.807, 2.05) is 6.08 Å². The average Bonchev–Trinajstić information content (AvgIpc) is 2.84. The molecule has 0 N–H and O–H groups in total. The van der Waals surface area contributed by atoms with Crippen molar-refractivity contribution in [3.63, 3.8) is 0 Å². The van der Waals surface area contributed by atoms with Crippen LogP contribution >= 0.6 is 0 Å². The molecule has 88 valence electrons. The van der Waals surface area contributed by atoms with Gasteiger partial charge in [0, 0.05) is 12.0 Å². The number of hydrogen-bond acceptors (Lipinski definition) is 1. The van der Waals surface area contributed by atoms with Crippen LogP contribution in [0, 0.1) is 17.3 Å². The van der Waals surface area contributed by atoms with Gasteiger partial charge in [0.15, 0.2) is 0 Å². The normalized spacial score (nSPS) is 35.9. The molecule has 3 rings (SSSR count). The van der Waals surface area contributed by atoms with E-state index in [1.54, 1.807) is 13.2 Å². The second-order valence-electron chi connectivity index (χ2n) is 5.69. The summed E-state index contributed by atoms with van der Waals surface area (Å²) >= 11 is 0. The molecule has 2 heteroatoms. The predicted octanol–water partition coefficient (Wildman–Crippen LogP) is 3.97. The Morgan fingerprint density at radius 3 is 2.75 bits per heavy atom. The fraction of sp³-hybridized carbons (Fsp3) is 0.714. The molecular formula is C14H19FO. The maximum atomic E-state index is 13.4. The van der Waals surface area contributed by atoms with Crippen molar-refractivity contribution in [1.29, 1.82) is 0 Å². The highest BCUT2D eigenvalue weighted by Gasteiger charge is 2.48. The molecule has 0 bridgehead atoms. The lowest BCUT2D eigenvalue weighted by Gasteiger charge is -2.23. The highest BCUT2D eigenvalue weighted by molar-refractivity contribution is 5.27. The van der Waals surface area contributed by atoms with E-state index in [-0.39, 0.29) is 5.83 Å². The maximum Gasteiger partial charge on any atom is 0.122 e. The van der Waals surface area contributed by atoms with E-state index in [1.165, 1.54) is 38.5 Å². The van der Waals surface area contributed by atoms with E-state index in [0.29, 0.717) is 17.3 Å². The summed E-state index contributed by atoms with van der Waals surface area (Å²) in [4.78, 5) is 0. The molecule has 16 heavy (non-hydrogen) atoms. The van der Waals surface area contributed by atoms with E-state index in [9.17, 15) is 4.39 Å². The summed E-state index contributed by atoms with van der Waals surface area (Å²) < 4.78 is 18.8. The standard InChI is InChI=1S/C14H19FO/c1-16-13-7-11(15)6-10-8-14(9-12(10)13)4-2-3-5-14/h6-7,10,12H,2-5,8-9H2,1H3. The topological polar surface area (TPSA) is 9.23 Å². The number of ether oxygens (including phenoxy) is 1. The third-order valence-electron chi connectivity index (χ3n) is 4.76. The highest BCUT2D eigenvalue weighted by atomic mass is 19.1. The van der Waals surface area contributed by atoms with Crippen LogP contribution in [0.25, 0.3) is 0 Å². The van der Waals surface area contributed by atoms with Gasteiger partial charge in [-0.1, -0.05) is 12.8 Å². The van der Waals surface area contributed by atoms with Gasteiger partial charge in [-0.3, -0.25) is 0 Å². The number of methoxy groups -OCH3 is 1. The Kier molecular flexibility index (Phi) is 2.34. The molecule has 3 aliphatic carbocycles. The maximum absolute atomic E-state index is 13.4. The van der Waals surface area contributed by atoms with Gasteiger partial charge in [0.05, 0.1) is 7.11 Å². The van der Waals surface area contributed by atoms with Crippen LogP contribution < -0.4 is 0 Å². The molecule has 2 saturated carbocycles. The van der Waals surface area contributed by atoms with Gasteiger partial charge in [0.25, 0.3) is 0 Å². The van der Waals surface area contributed by atoms with Crippen molar-refractivity contribution in [2.75, 3.05) is 7.11 Å². The number of halogens is 1. The zero-order valence-electron chi connectivity index (χ0n) is 9.84. The van der Waals surface area contributed by atoms with E-state index in [4.69, 9.17) is 4.74 Å². The fourth-order valence-corrected chi connectivity index (χ4v) is 4.07. The smallest absolute Gasteiger partial charge is 0.122 e. The second-order valence-corrected chi connectivity index (χ2v) is 5.69. The molecule has 0 aromatic heterocycles. The molecule has 0 amide bonds. The zero-order chi connectivity index (χ0) is 11.2. The molecule has 2 atom stereocenters. The Labute approximate surface area is 96.4 Å². The molecule has 0 heterocycles. The van der Waals surface area contributed by atoms with Gasteiger partial charge in [-0.05, 0) is 43.1 Å². The van der Waals surface area contributed by atoms with Crippen molar-refractivity contribution >= 4 is 0 Å². The monoisotopic (exact) mass is 222 g/mol. The molecule has 0 aromatic rings. The lowest BCUT2D eigenvalue weighted by Crippen LogP contribution is -2.14. The van der Waals surface area contributed by atoms with Gasteiger partial charge in [-0.15, -0.1) is 0 Å². The first-order valence-electron chi connectivity index (χ1n) is 6.35. The Morgan fingerprint density at radius 2 is 2.06 bits per heavy atom. The van der Waals surface area contributed by atoms with Crippen molar-refractivity contribution in [3.05, 3.63) is 23.7 Å². The molecule has 0 saturated heterocycles. The van der Waals surface area contributed by atoms with Gasteiger partial charge in [0.2, 0.25) is 0 Å². The summed E-state index contributed by atoms with van der Waals surface area (Å²) in [5.74, 6) is 1.60. The van der Waals surface area contributed by atoms with Crippen molar-refractivity contribution in [2.45, 2.75) is 38.5 Å². The lowest BCUT2D eigenvalue weighted by atomic mass is 9.83. The van der Waals surface area contributed by atoms with Gasteiger partial charge >= 0.3 is 0 Å². The molecule has 1 spiro atoms. The summed E-state index contributed by atoms with van der Waals surface area (Å²) in [6.45, 7) is 0. The zero-order valence-corrected chi connectivity index (χ0v) is 9.84. The number of hydrogen-bond donors (Lipinski definition) is 0.